The highest BCUT2D eigenvalue weighted by molar-refractivity contribution is 6.25. The number of rotatable bonds is 4. The van der Waals surface area contributed by atoms with Gasteiger partial charge in [0.2, 0.25) is 11.8 Å². The number of benzene rings is 4. The fraction of sp³-hybridized carbons (Fsp3) is 0.182. The lowest BCUT2D eigenvalue weighted by Gasteiger charge is -2.38. The summed E-state index contributed by atoms with van der Waals surface area (Å²) in [5.41, 5.74) is 2.96. The van der Waals surface area contributed by atoms with Crippen molar-refractivity contribution in [3.8, 4) is 11.5 Å². The molecule has 3 aliphatic rings. The number of amides is 2. The fourth-order valence-electron chi connectivity index (χ4n) is 6.45. The minimum absolute atomic E-state index is 0.310. The van der Waals surface area contributed by atoms with Crippen LogP contribution in [0.2, 0.25) is 0 Å². The van der Waals surface area contributed by atoms with Gasteiger partial charge in [-0.3, -0.25) is 14.4 Å². The molecule has 39 heavy (non-hydrogen) atoms. The second-order valence-corrected chi connectivity index (χ2v) is 10.1. The van der Waals surface area contributed by atoms with Crippen LogP contribution in [0.5, 0.6) is 11.5 Å². The summed E-state index contributed by atoms with van der Waals surface area (Å²) in [6, 6.07) is 28.3. The lowest BCUT2D eigenvalue weighted by atomic mass is 9.64. The van der Waals surface area contributed by atoms with Crippen LogP contribution >= 0.6 is 0 Å². The molecule has 0 radical (unpaired) electrons. The Kier molecular flexibility index (Phi) is 5.37. The lowest BCUT2D eigenvalue weighted by molar-refractivity contribution is -0.142. The molecule has 1 aliphatic carbocycles. The zero-order valence-corrected chi connectivity index (χ0v) is 21.2. The van der Waals surface area contributed by atoms with E-state index >= 15 is 0 Å². The third kappa shape index (κ3) is 3.52. The Balaban J connectivity index is 1.42. The van der Waals surface area contributed by atoms with Gasteiger partial charge in [0.15, 0.2) is 0 Å². The minimum Gasteiger partial charge on any atom is -0.494 e. The van der Waals surface area contributed by atoms with Crippen molar-refractivity contribution in [3.63, 3.8) is 0 Å². The molecule has 0 spiro atoms. The van der Waals surface area contributed by atoms with Crippen molar-refractivity contribution in [2.24, 2.45) is 17.8 Å². The van der Waals surface area contributed by atoms with Gasteiger partial charge in [0, 0.05) is 11.5 Å². The molecule has 2 heterocycles. The summed E-state index contributed by atoms with van der Waals surface area (Å²) < 4.78 is 11.4. The zero-order valence-electron chi connectivity index (χ0n) is 21.2. The fourth-order valence-corrected chi connectivity index (χ4v) is 6.45. The van der Waals surface area contributed by atoms with Crippen molar-refractivity contribution in [1.82, 2.24) is 0 Å². The van der Waals surface area contributed by atoms with Gasteiger partial charge in [-0.05, 0) is 59.2 Å². The normalized spacial score (nSPS) is 23.6. The smallest absolute Gasteiger partial charge is 0.319 e. The topological polar surface area (TPSA) is 72.9 Å². The molecular formula is C33H25NO5. The van der Waals surface area contributed by atoms with Crippen molar-refractivity contribution < 1.29 is 23.9 Å². The van der Waals surface area contributed by atoms with Crippen LogP contribution in [0.4, 0.5) is 5.69 Å². The SMILES string of the molecule is CCOc1ccc(N2C(=O)[C@@H]3[C@@H]4C(=O)Oc5ccc6ccccc6c5C4=C[C@@H](c4ccccc4)[C@@H]3C2=O)cc1. The van der Waals surface area contributed by atoms with E-state index in [0.717, 1.165) is 27.5 Å². The Bertz CT molecular complexity index is 1670. The molecule has 4 atom stereocenters. The lowest BCUT2D eigenvalue weighted by Crippen LogP contribution is -2.42. The molecule has 2 aliphatic heterocycles. The van der Waals surface area contributed by atoms with Crippen LogP contribution < -0.4 is 14.4 Å². The number of imide groups is 1. The number of allylic oxidation sites excluding steroid dienone is 1. The van der Waals surface area contributed by atoms with Crippen LogP contribution in [-0.4, -0.2) is 24.4 Å². The second kappa shape index (κ2) is 8.95. The van der Waals surface area contributed by atoms with E-state index in [4.69, 9.17) is 9.47 Å². The summed E-state index contributed by atoms with van der Waals surface area (Å²) in [6.45, 7) is 2.41. The summed E-state index contributed by atoms with van der Waals surface area (Å²) in [7, 11) is 0. The van der Waals surface area contributed by atoms with E-state index in [1.165, 1.54) is 4.90 Å². The molecule has 1 fully saturated rings. The van der Waals surface area contributed by atoms with Gasteiger partial charge in [-0.1, -0.05) is 66.7 Å². The first-order valence-corrected chi connectivity index (χ1v) is 13.2. The Morgan fingerprint density at radius 3 is 2.28 bits per heavy atom. The van der Waals surface area contributed by atoms with E-state index in [9.17, 15) is 14.4 Å². The van der Waals surface area contributed by atoms with Crippen molar-refractivity contribution in [2.45, 2.75) is 12.8 Å². The maximum Gasteiger partial charge on any atom is 0.319 e. The van der Waals surface area contributed by atoms with Crippen LogP contribution in [0, 0.1) is 17.8 Å². The van der Waals surface area contributed by atoms with Crippen LogP contribution in [0.15, 0.2) is 97.1 Å². The second-order valence-electron chi connectivity index (χ2n) is 10.1. The third-order valence-electron chi connectivity index (χ3n) is 8.07. The number of hydrogen-bond acceptors (Lipinski definition) is 5. The van der Waals surface area contributed by atoms with E-state index in [1.54, 1.807) is 24.3 Å². The number of nitrogens with zero attached hydrogens (tertiary/aromatic N) is 1. The largest absolute Gasteiger partial charge is 0.494 e. The van der Waals surface area contributed by atoms with Crippen molar-refractivity contribution in [1.29, 1.82) is 0 Å². The van der Waals surface area contributed by atoms with Gasteiger partial charge in [0.05, 0.1) is 30.0 Å². The summed E-state index contributed by atoms with van der Waals surface area (Å²) in [5.74, 6) is -2.93. The summed E-state index contributed by atoms with van der Waals surface area (Å²) >= 11 is 0. The maximum atomic E-state index is 14.2. The zero-order chi connectivity index (χ0) is 26.7. The minimum atomic E-state index is -0.881. The molecule has 0 unspecified atom stereocenters. The number of anilines is 1. The molecule has 0 N–H and O–H groups in total. The number of ether oxygens (including phenoxy) is 2. The molecule has 6 heteroatoms. The number of fused-ring (bicyclic) bond motifs is 7. The van der Waals surface area contributed by atoms with Gasteiger partial charge in [-0.25, -0.2) is 4.90 Å². The average Bonchev–Trinajstić information content (AvgIpc) is 3.23. The van der Waals surface area contributed by atoms with E-state index in [2.05, 4.69) is 0 Å². The average molecular weight is 516 g/mol. The summed E-state index contributed by atoms with van der Waals surface area (Å²) in [5, 5.41) is 1.96. The highest BCUT2D eigenvalue weighted by atomic mass is 16.5. The molecule has 0 saturated carbocycles. The van der Waals surface area contributed by atoms with Gasteiger partial charge in [0.1, 0.15) is 11.5 Å². The van der Waals surface area contributed by atoms with Gasteiger partial charge in [-0.2, -0.15) is 0 Å². The van der Waals surface area contributed by atoms with Crippen molar-refractivity contribution in [3.05, 3.63) is 108 Å². The van der Waals surface area contributed by atoms with E-state index in [-0.39, 0.29) is 17.7 Å². The van der Waals surface area contributed by atoms with E-state index in [0.29, 0.717) is 23.8 Å². The molecule has 0 bridgehead atoms. The van der Waals surface area contributed by atoms with Gasteiger partial charge < -0.3 is 9.47 Å². The van der Waals surface area contributed by atoms with E-state index < -0.39 is 23.7 Å². The van der Waals surface area contributed by atoms with Crippen LogP contribution in [0.25, 0.3) is 16.3 Å². The van der Waals surface area contributed by atoms with Gasteiger partial charge >= 0.3 is 5.97 Å². The van der Waals surface area contributed by atoms with Crippen LogP contribution in [0.1, 0.15) is 24.0 Å². The quantitative estimate of drug-likeness (QED) is 0.196. The Labute approximate surface area is 225 Å². The Morgan fingerprint density at radius 1 is 0.795 bits per heavy atom. The first-order chi connectivity index (χ1) is 19.1. The first-order valence-electron chi connectivity index (χ1n) is 13.2. The van der Waals surface area contributed by atoms with Crippen molar-refractivity contribution >= 4 is 39.8 Å². The molecule has 0 aromatic heterocycles. The molecule has 4 aromatic rings. The predicted molar refractivity (Wildman–Crippen MR) is 147 cm³/mol. The van der Waals surface area contributed by atoms with Gasteiger partial charge in [-0.15, -0.1) is 0 Å². The van der Waals surface area contributed by atoms with Crippen LogP contribution in [0.3, 0.4) is 0 Å². The molecule has 2 amide bonds. The van der Waals surface area contributed by atoms with Crippen molar-refractivity contribution in [2.75, 3.05) is 11.5 Å². The monoisotopic (exact) mass is 515 g/mol. The number of carbonyl (C=O) groups excluding carboxylic acids is 3. The van der Waals surface area contributed by atoms with Crippen LogP contribution in [-0.2, 0) is 14.4 Å². The van der Waals surface area contributed by atoms with E-state index in [1.807, 2.05) is 79.7 Å². The number of carbonyl (C=O) groups is 3. The number of esters is 1. The highest BCUT2D eigenvalue weighted by Gasteiger charge is 2.60. The Morgan fingerprint density at radius 2 is 1.51 bits per heavy atom. The molecular weight excluding hydrogens is 490 g/mol. The molecule has 4 aromatic carbocycles. The maximum absolute atomic E-state index is 14.2. The van der Waals surface area contributed by atoms with Gasteiger partial charge in [0.25, 0.3) is 0 Å². The number of hydrogen-bond donors (Lipinski definition) is 0. The third-order valence-corrected chi connectivity index (χ3v) is 8.07. The Hall–Kier alpha value is -4.71. The molecule has 7 rings (SSSR count). The predicted octanol–water partition coefficient (Wildman–Crippen LogP) is 5.76. The molecule has 192 valence electrons. The highest BCUT2D eigenvalue weighted by Crippen LogP contribution is 2.55. The summed E-state index contributed by atoms with van der Waals surface area (Å²) in [6.07, 6.45) is 2.03. The summed E-state index contributed by atoms with van der Waals surface area (Å²) in [4.78, 5) is 43.0. The standard InChI is InChI=1S/C33H25NO5/c1-2-38-22-15-13-21(14-16-22)34-31(35)28-24(19-8-4-3-5-9-19)18-25-27-23-11-7-6-10-20(23)12-17-26(27)39-33(37)29(25)30(28)32(34)36/h3-18,24,28-30H,2H2,1H3/t24-,28-,29+,30-/m0/s1. The molecule has 6 nitrogen and oxygen atoms in total. The first kappa shape index (κ1) is 23.4. The molecule has 1 saturated heterocycles.